The second-order valence-electron chi connectivity index (χ2n) is 8.49. The third-order valence-electron chi connectivity index (χ3n) is 5.83. The van der Waals surface area contributed by atoms with Crippen LogP contribution in [0.5, 0.6) is 5.88 Å². The first-order valence-corrected chi connectivity index (χ1v) is 11.7. The van der Waals surface area contributed by atoms with Crippen molar-refractivity contribution in [3.63, 3.8) is 0 Å². The van der Waals surface area contributed by atoms with Crippen LogP contribution < -0.4 is 10.3 Å². The zero-order chi connectivity index (χ0) is 23.7. The molecule has 1 fully saturated rings. The number of aromatic amines is 1. The van der Waals surface area contributed by atoms with Gasteiger partial charge in [0.25, 0.3) is 5.56 Å². The summed E-state index contributed by atoms with van der Waals surface area (Å²) in [6.07, 6.45) is 2.63. The molecule has 33 heavy (non-hydrogen) atoms. The van der Waals surface area contributed by atoms with Crippen molar-refractivity contribution in [1.29, 1.82) is 0 Å². The Labute approximate surface area is 193 Å². The van der Waals surface area contributed by atoms with Gasteiger partial charge in [-0.1, -0.05) is 26.0 Å². The van der Waals surface area contributed by atoms with E-state index in [2.05, 4.69) is 34.1 Å². The first-order valence-electron chi connectivity index (χ1n) is 11.7. The number of pyridine rings is 2. The summed E-state index contributed by atoms with van der Waals surface area (Å²) in [5, 5.41) is 6.11. The molecule has 0 spiro atoms. The Bertz CT molecular complexity index is 1320. The molecule has 1 atom stereocenters. The Morgan fingerprint density at radius 2 is 1.97 bits per heavy atom. The number of ether oxygens (including phenoxy) is 2. The highest BCUT2D eigenvalue weighted by atomic mass is 16.5. The lowest BCUT2D eigenvalue weighted by molar-refractivity contribution is 0.185. The second kappa shape index (κ2) is 9.35. The lowest BCUT2D eigenvalue weighted by atomic mass is 9.98. The summed E-state index contributed by atoms with van der Waals surface area (Å²) < 4.78 is 13.3. The van der Waals surface area contributed by atoms with Gasteiger partial charge in [-0.25, -0.2) is 4.98 Å². The zero-order valence-electron chi connectivity index (χ0n) is 20.2. The Morgan fingerprint density at radius 3 is 2.64 bits per heavy atom. The van der Waals surface area contributed by atoms with Crippen LogP contribution >= 0.6 is 0 Å². The maximum Gasteiger partial charge on any atom is 0.259 e. The van der Waals surface area contributed by atoms with Crippen LogP contribution in [-0.2, 0) is 4.74 Å². The summed E-state index contributed by atoms with van der Waals surface area (Å²) in [5.41, 5.74) is 5.57. The number of fused-ring (bicyclic) bond motifs is 3. The van der Waals surface area contributed by atoms with Crippen LogP contribution in [0.4, 0.5) is 0 Å². The van der Waals surface area contributed by atoms with Crippen molar-refractivity contribution in [2.24, 2.45) is 0 Å². The van der Waals surface area contributed by atoms with Crippen molar-refractivity contribution >= 4 is 21.8 Å². The molecule has 0 saturated carbocycles. The van der Waals surface area contributed by atoms with E-state index in [-0.39, 0.29) is 17.7 Å². The van der Waals surface area contributed by atoms with E-state index in [1.165, 1.54) is 0 Å². The highest BCUT2D eigenvalue weighted by Gasteiger charge is 2.22. The van der Waals surface area contributed by atoms with E-state index in [4.69, 9.17) is 9.47 Å². The first-order chi connectivity index (χ1) is 15.9. The van der Waals surface area contributed by atoms with Gasteiger partial charge in [0.05, 0.1) is 41.4 Å². The molecule has 174 valence electrons. The quantitative estimate of drug-likeness (QED) is 0.456. The lowest BCUT2D eigenvalue weighted by Gasteiger charge is -2.15. The average Bonchev–Trinajstić information content (AvgIpc) is 3.44. The number of benzene rings is 1. The molecule has 1 saturated heterocycles. The molecule has 1 aromatic carbocycles. The summed E-state index contributed by atoms with van der Waals surface area (Å²) in [6, 6.07) is 8.30. The van der Waals surface area contributed by atoms with Gasteiger partial charge in [0, 0.05) is 29.3 Å². The number of aryl methyl sites for hydroxylation is 2. The van der Waals surface area contributed by atoms with Crippen molar-refractivity contribution in [2.45, 2.75) is 60.1 Å². The van der Waals surface area contributed by atoms with Crippen LogP contribution in [0.15, 0.2) is 35.3 Å². The number of aromatic nitrogens is 4. The van der Waals surface area contributed by atoms with E-state index in [1.54, 1.807) is 6.20 Å². The number of nitrogens with one attached hydrogen (secondary N) is 1. The fourth-order valence-electron chi connectivity index (χ4n) is 4.52. The van der Waals surface area contributed by atoms with E-state index in [1.807, 2.05) is 51.4 Å². The van der Waals surface area contributed by atoms with Crippen LogP contribution in [0.3, 0.4) is 0 Å². The Balaban J connectivity index is 0.00000126. The van der Waals surface area contributed by atoms with Crippen molar-refractivity contribution in [3.8, 4) is 17.0 Å². The molecule has 7 nitrogen and oxygen atoms in total. The summed E-state index contributed by atoms with van der Waals surface area (Å²) in [5.74, 6) is 0.632. The number of rotatable bonds is 4. The van der Waals surface area contributed by atoms with E-state index in [0.29, 0.717) is 17.9 Å². The van der Waals surface area contributed by atoms with Crippen LogP contribution in [0.25, 0.3) is 32.9 Å². The molecule has 0 bridgehead atoms. The van der Waals surface area contributed by atoms with Crippen molar-refractivity contribution in [1.82, 2.24) is 19.7 Å². The molecule has 1 aliphatic rings. The number of hydrogen-bond donors (Lipinski definition) is 1. The molecule has 0 amide bonds. The van der Waals surface area contributed by atoms with Crippen molar-refractivity contribution in [2.75, 3.05) is 13.2 Å². The topological polar surface area (TPSA) is 82.0 Å². The number of nitrogens with zero attached hydrogens (tertiary/aromatic N) is 3. The van der Waals surface area contributed by atoms with Gasteiger partial charge >= 0.3 is 0 Å². The van der Waals surface area contributed by atoms with Crippen LogP contribution in [-0.4, -0.2) is 39.1 Å². The van der Waals surface area contributed by atoms with E-state index >= 15 is 0 Å². The SMILES string of the molecule is CC.Cc1cc(OC(C)C)nc(C)c1-c1ccc2c(c1)[nH]c(=O)c1cnn([C@H]3CCOC3)c12. The third kappa shape index (κ3) is 4.25. The zero-order valence-corrected chi connectivity index (χ0v) is 20.2. The van der Waals surface area contributed by atoms with E-state index < -0.39 is 0 Å². The maximum atomic E-state index is 12.8. The minimum atomic E-state index is -0.128. The van der Waals surface area contributed by atoms with Gasteiger partial charge < -0.3 is 14.5 Å². The molecule has 1 N–H and O–H groups in total. The smallest absolute Gasteiger partial charge is 0.259 e. The number of hydrogen-bond acceptors (Lipinski definition) is 5. The largest absolute Gasteiger partial charge is 0.475 e. The molecule has 1 aliphatic heterocycles. The van der Waals surface area contributed by atoms with Crippen molar-refractivity contribution < 1.29 is 9.47 Å². The Hall–Kier alpha value is -3.19. The van der Waals surface area contributed by atoms with Crippen LogP contribution in [0.1, 0.15) is 51.4 Å². The molecule has 4 heterocycles. The minimum Gasteiger partial charge on any atom is -0.475 e. The minimum absolute atomic E-state index is 0.0698. The monoisotopic (exact) mass is 448 g/mol. The van der Waals surface area contributed by atoms with Gasteiger partial charge in [-0.15, -0.1) is 0 Å². The van der Waals surface area contributed by atoms with Gasteiger partial charge in [0.1, 0.15) is 0 Å². The fourth-order valence-corrected chi connectivity index (χ4v) is 4.52. The predicted molar refractivity (Wildman–Crippen MR) is 132 cm³/mol. The number of H-pyrrole nitrogens is 1. The van der Waals surface area contributed by atoms with Gasteiger partial charge in [-0.2, -0.15) is 5.10 Å². The van der Waals surface area contributed by atoms with Crippen molar-refractivity contribution in [3.05, 3.63) is 52.1 Å². The van der Waals surface area contributed by atoms with Crippen LogP contribution in [0, 0.1) is 13.8 Å². The highest BCUT2D eigenvalue weighted by Crippen LogP contribution is 2.33. The van der Waals surface area contributed by atoms with Gasteiger partial charge in [0.15, 0.2) is 0 Å². The van der Waals surface area contributed by atoms with Gasteiger partial charge in [0.2, 0.25) is 5.88 Å². The molecule has 0 aliphatic carbocycles. The second-order valence-corrected chi connectivity index (χ2v) is 8.49. The normalized spacial score (nSPS) is 15.8. The molecule has 5 rings (SSSR count). The maximum absolute atomic E-state index is 12.8. The van der Waals surface area contributed by atoms with Crippen LogP contribution in [0.2, 0.25) is 0 Å². The fraction of sp³-hybridized carbons (Fsp3) is 0.423. The first kappa shape index (κ1) is 23.0. The van der Waals surface area contributed by atoms with Gasteiger partial charge in [-0.3, -0.25) is 9.48 Å². The Kier molecular flexibility index (Phi) is 6.51. The standard InChI is InChI=1S/C24H26N4O3.C2H6/c1-13(2)31-21-9-14(3)22(15(4)26-21)16-5-6-18-20(10-16)27-24(29)19-11-25-28(23(18)19)17-7-8-30-12-17;1-2/h5-6,9-11,13,17H,7-8,12H2,1-4H3,(H,27,29);1-2H3/t17-;/m0./s1. The molecule has 3 aromatic heterocycles. The lowest BCUT2D eigenvalue weighted by Crippen LogP contribution is -2.12. The predicted octanol–water partition coefficient (Wildman–Crippen LogP) is 5.33. The summed E-state index contributed by atoms with van der Waals surface area (Å²) >= 11 is 0. The van der Waals surface area contributed by atoms with E-state index in [9.17, 15) is 4.79 Å². The average molecular weight is 449 g/mol. The molecular weight excluding hydrogens is 416 g/mol. The third-order valence-corrected chi connectivity index (χ3v) is 5.83. The van der Waals surface area contributed by atoms with Gasteiger partial charge in [-0.05, 0) is 51.3 Å². The molecule has 0 unspecified atom stereocenters. The summed E-state index contributed by atoms with van der Waals surface area (Å²) in [4.78, 5) is 20.5. The van der Waals surface area contributed by atoms with E-state index in [0.717, 1.165) is 51.8 Å². The highest BCUT2D eigenvalue weighted by molar-refractivity contribution is 6.04. The molecular formula is C26H32N4O3. The summed E-state index contributed by atoms with van der Waals surface area (Å²) in [7, 11) is 0. The Morgan fingerprint density at radius 1 is 1.18 bits per heavy atom. The molecule has 7 heteroatoms. The summed E-state index contributed by atoms with van der Waals surface area (Å²) in [6.45, 7) is 13.4. The molecule has 0 radical (unpaired) electrons. The molecule has 4 aromatic rings.